The zero-order valence-electron chi connectivity index (χ0n) is 12.8. The summed E-state index contributed by atoms with van der Waals surface area (Å²) in [5, 5.41) is 8.01. The second-order valence-corrected chi connectivity index (χ2v) is 4.41. The van der Waals surface area contributed by atoms with E-state index in [0.717, 1.165) is 13.1 Å². The van der Waals surface area contributed by atoms with Gasteiger partial charge in [-0.25, -0.2) is 4.68 Å². The minimum absolute atomic E-state index is 0.128. The summed E-state index contributed by atoms with van der Waals surface area (Å²) in [7, 11) is 5.66. The number of hydrogen-bond donors (Lipinski definition) is 1. The first-order chi connectivity index (χ1) is 9.59. The first-order valence-corrected chi connectivity index (χ1v) is 6.80. The summed E-state index contributed by atoms with van der Waals surface area (Å²) in [5.41, 5.74) is 0.496. The molecule has 6 nitrogen and oxygen atoms in total. The van der Waals surface area contributed by atoms with E-state index in [1.54, 1.807) is 25.4 Å². The van der Waals surface area contributed by atoms with Crippen molar-refractivity contribution < 1.29 is 0 Å². The Balaban J connectivity index is 0.000000956. The smallest absolute Gasteiger partial charge is 0.276 e. The normalized spacial score (nSPS) is 10.3. The van der Waals surface area contributed by atoms with Crippen LogP contribution in [0.1, 0.15) is 13.8 Å². The minimum atomic E-state index is -0.128. The zero-order chi connectivity index (χ0) is 15.1. The van der Waals surface area contributed by atoms with Crippen molar-refractivity contribution in [1.82, 2.24) is 19.7 Å². The molecule has 2 aromatic rings. The maximum Gasteiger partial charge on any atom is 0.276 e. The first kappa shape index (κ1) is 16.1. The van der Waals surface area contributed by atoms with E-state index in [1.165, 1.54) is 4.68 Å². The van der Waals surface area contributed by atoms with E-state index >= 15 is 0 Å². The van der Waals surface area contributed by atoms with Gasteiger partial charge < -0.3 is 10.2 Å². The van der Waals surface area contributed by atoms with Gasteiger partial charge in [-0.3, -0.25) is 9.78 Å². The van der Waals surface area contributed by atoms with Crippen LogP contribution in [0.2, 0.25) is 0 Å². The van der Waals surface area contributed by atoms with Crippen LogP contribution in [0.3, 0.4) is 0 Å². The fourth-order valence-electron chi connectivity index (χ4n) is 1.70. The molecule has 0 aliphatic rings. The van der Waals surface area contributed by atoms with Gasteiger partial charge in [-0.2, -0.15) is 5.10 Å². The number of aryl methyl sites for hydroxylation is 1. The van der Waals surface area contributed by atoms with Gasteiger partial charge in [0.15, 0.2) is 5.82 Å². The fourth-order valence-corrected chi connectivity index (χ4v) is 1.70. The third-order valence-corrected chi connectivity index (χ3v) is 2.66. The molecule has 0 fully saturated rings. The molecule has 1 N–H and O–H groups in total. The van der Waals surface area contributed by atoms with Gasteiger partial charge in [-0.15, -0.1) is 0 Å². The van der Waals surface area contributed by atoms with Crippen molar-refractivity contribution in [3.63, 3.8) is 0 Å². The molecule has 20 heavy (non-hydrogen) atoms. The highest BCUT2D eigenvalue weighted by atomic mass is 16.1. The Morgan fingerprint density at radius 2 is 2.05 bits per heavy atom. The summed E-state index contributed by atoms with van der Waals surface area (Å²) in [6, 6.07) is 3.52. The molecule has 0 unspecified atom stereocenters. The van der Waals surface area contributed by atoms with E-state index in [2.05, 4.69) is 20.3 Å². The fraction of sp³-hybridized carbons (Fsp3) is 0.500. The Hall–Kier alpha value is -1.95. The van der Waals surface area contributed by atoms with Crippen molar-refractivity contribution >= 4 is 16.7 Å². The van der Waals surface area contributed by atoms with Gasteiger partial charge in [0.05, 0.1) is 5.39 Å². The largest absolute Gasteiger partial charge is 0.366 e. The van der Waals surface area contributed by atoms with Crippen LogP contribution in [0.4, 0.5) is 5.82 Å². The van der Waals surface area contributed by atoms with Gasteiger partial charge in [0.2, 0.25) is 0 Å². The molecule has 2 rings (SSSR count). The van der Waals surface area contributed by atoms with Gasteiger partial charge in [0.25, 0.3) is 5.56 Å². The number of fused-ring (bicyclic) bond motifs is 1. The molecule has 0 atom stereocenters. The number of likely N-dealkylation sites (N-methyl/N-ethyl adjacent to an activating group) is 1. The van der Waals surface area contributed by atoms with Crippen LogP contribution in [0.5, 0.6) is 0 Å². The molecule has 6 heteroatoms. The van der Waals surface area contributed by atoms with E-state index in [4.69, 9.17) is 0 Å². The molecule has 0 spiro atoms. The lowest BCUT2D eigenvalue weighted by Gasteiger charge is -2.12. The molecule has 0 saturated heterocycles. The first-order valence-electron chi connectivity index (χ1n) is 6.80. The molecule has 0 aliphatic carbocycles. The van der Waals surface area contributed by atoms with E-state index in [0.29, 0.717) is 16.7 Å². The average molecular weight is 277 g/mol. The van der Waals surface area contributed by atoms with E-state index in [9.17, 15) is 4.79 Å². The third kappa shape index (κ3) is 3.77. The maximum atomic E-state index is 11.9. The lowest BCUT2D eigenvalue weighted by molar-refractivity contribution is 0.425. The van der Waals surface area contributed by atoms with Crippen LogP contribution >= 0.6 is 0 Å². The van der Waals surface area contributed by atoms with Crippen molar-refractivity contribution in [2.45, 2.75) is 13.8 Å². The lowest BCUT2D eigenvalue weighted by Crippen LogP contribution is -2.25. The number of pyridine rings is 1. The minimum Gasteiger partial charge on any atom is -0.366 e. The van der Waals surface area contributed by atoms with E-state index < -0.39 is 0 Å². The summed E-state index contributed by atoms with van der Waals surface area (Å²) in [4.78, 5) is 18.2. The van der Waals surface area contributed by atoms with Crippen molar-refractivity contribution in [3.8, 4) is 0 Å². The Kier molecular flexibility index (Phi) is 6.11. The molecule has 0 amide bonds. The predicted molar refractivity (Wildman–Crippen MR) is 83.2 cm³/mol. The Labute approximate surface area is 119 Å². The topological polar surface area (TPSA) is 63.1 Å². The maximum absolute atomic E-state index is 11.9. The molecule has 0 radical (unpaired) electrons. The summed E-state index contributed by atoms with van der Waals surface area (Å²) in [6.07, 6.45) is 1.67. The van der Waals surface area contributed by atoms with Crippen molar-refractivity contribution in [3.05, 3.63) is 28.7 Å². The number of hydrogen-bond acceptors (Lipinski definition) is 5. The SMILES string of the molecule is CC.CN(C)CCNc1nn(C)c(=O)c2cccnc12. The standard InChI is InChI=1S/C12H17N5O.C2H6/c1-16(2)8-7-14-11-10-9(5-4-6-13-10)12(18)17(3)15-11;1-2/h4-6H,7-8H2,1-3H3,(H,14,15);1-2H3. The molecule has 0 bridgehead atoms. The molecule has 2 aromatic heterocycles. The van der Waals surface area contributed by atoms with E-state index in [-0.39, 0.29) is 5.56 Å². The van der Waals surface area contributed by atoms with Crippen LogP contribution in [0.25, 0.3) is 10.9 Å². The number of rotatable bonds is 4. The summed E-state index contributed by atoms with van der Waals surface area (Å²) < 4.78 is 1.34. The Morgan fingerprint density at radius 3 is 2.70 bits per heavy atom. The number of nitrogens with one attached hydrogen (secondary N) is 1. The monoisotopic (exact) mass is 277 g/mol. The second kappa shape index (κ2) is 7.59. The van der Waals surface area contributed by atoms with Gasteiger partial charge >= 0.3 is 0 Å². The molecule has 2 heterocycles. The number of nitrogens with zero attached hydrogens (tertiary/aromatic N) is 4. The molecule has 0 aromatic carbocycles. The highest BCUT2D eigenvalue weighted by Gasteiger charge is 2.08. The van der Waals surface area contributed by atoms with Gasteiger partial charge in [-0.1, -0.05) is 13.8 Å². The summed E-state index contributed by atoms with van der Waals surface area (Å²) in [6.45, 7) is 5.64. The average Bonchev–Trinajstić information content (AvgIpc) is 2.46. The zero-order valence-corrected chi connectivity index (χ0v) is 12.8. The second-order valence-electron chi connectivity index (χ2n) is 4.41. The molecule has 0 saturated carbocycles. The summed E-state index contributed by atoms with van der Waals surface area (Å²) >= 11 is 0. The Morgan fingerprint density at radius 1 is 1.35 bits per heavy atom. The van der Waals surface area contributed by atoms with Crippen LogP contribution in [-0.4, -0.2) is 46.8 Å². The van der Waals surface area contributed by atoms with Crippen LogP contribution in [0, 0.1) is 0 Å². The van der Waals surface area contributed by atoms with Crippen molar-refractivity contribution in [2.75, 3.05) is 32.5 Å². The van der Waals surface area contributed by atoms with Crippen LogP contribution < -0.4 is 10.9 Å². The quantitative estimate of drug-likeness (QED) is 0.913. The van der Waals surface area contributed by atoms with Crippen LogP contribution in [0.15, 0.2) is 23.1 Å². The molecule has 0 aliphatic heterocycles. The molecular weight excluding hydrogens is 254 g/mol. The van der Waals surface area contributed by atoms with E-state index in [1.807, 2.05) is 27.9 Å². The Bertz CT molecular complexity index is 606. The van der Waals surface area contributed by atoms with Gasteiger partial charge in [-0.05, 0) is 26.2 Å². The van der Waals surface area contributed by atoms with Gasteiger partial charge in [0, 0.05) is 26.3 Å². The van der Waals surface area contributed by atoms with Crippen molar-refractivity contribution in [1.29, 1.82) is 0 Å². The summed E-state index contributed by atoms with van der Waals surface area (Å²) in [5.74, 6) is 0.648. The predicted octanol–water partition coefficient (Wildman–Crippen LogP) is 1.33. The van der Waals surface area contributed by atoms with Crippen molar-refractivity contribution in [2.24, 2.45) is 7.05 Å². The number of anilines is 1. The molecular formula is C14H23N5O. The lowest BCUT2D eigenvalue weighted by atomic mass is 10.3. The third-order valence-electron chi connectivity index (χ3n) is 2.66. The van der Waals surface area contributed by atoms with Gasteiger partial charge in [0.1, 0.15) is 5.52 Å². The number of aromatic nitrogens is 3. The highest BCUT2D eigenvalue weighted by molar-refractivity contribution is 5.86. The van der Waals surface area contributed by atoms with Crippen LogP contribution in [-0.2, 0) is 7.05 Å². The highest BCUT2D eigenvalue weighted by Crippen LogP contribution is 2.13. The molecule has 110 valence electrons.